The molecule has 0 saturated heterocycles. The van der Waals surface area contributed by atoms with Gasteiger partial charge in [0.05, 0.1) is 0 Å². The topological polar surface area (TPSA) is 52.6 Å². The second-order valence-corrected chi connectivity index (χ2v) is 4.73. The predicted octanol–water partition coefficient (Wildman–Crippen LogP) is 1.42. The molecule has 0 saturated carbocycles. The van der Waals surface area contributed by atoms with Crippen molar-refractivity contribution in [3.8, 4) is 0 Å². The van der Waals surface area contributed by atoms with Crippen molar-refractivity contribution in [1.29, 1.82) is 0 Å². The minimum atomic E-state index is -0.858. The fourth-order valence-electron chi connectivity index (χ4n) is 1.58. The zero-order valence-electron chi connectivity index (χ0n) is 11.2. The van der Waals surface area contributed by atoms with Gasteiger partial charge in [-0.1, -0.05) is 27.2 Å². The van der Waals surface area contributed by atoms with Crippen LogP contribution in [-0.2, 0) is 4.79 Å². The van der Waals surface area contributed by atoms with Crippen molar-refractivity contribution in [2.75, 3.05) is 26.7 Å². The first-order valence-corrected chi connectivity index (χ1v) is 6.04. The van der Waals surface area contributed by atoms with Gasteiger partial charge in [-0.25, -0.2) is 0 Å². The number of nitrogens with zero attached hydrogens (tertiary/aromatic N) is 1. The highest BCUT2D eigenvalue weighted by Gasteiger charge is 2.33. The average molecular weight is 230 g/mol. The van der Waals surface area contributed by atoms with Crippen LogP contribution in [0.25, 0.3) is 0 Å². The van der Waals surface area contributed by atoms with Crippen LogP contribution >= 0.6 is 0 Å². The van der Waals surface area contributed by atoms with E-state index in [4.69, 9.17) is 0 Å². The van der Waals surface area contributed by atoms with E-state index in [-0.39, 0.29) is 0 Å². The van der Waals surface area contributed by atoms with Crippen molar-refractivity contribution in [2.24, 2.45) is 5.92 Å². The van der Waals surface area contributed by atoms with Gasteiger partial charge < -0.3 is 15.3 Å². The molecule has 0 aromatic rings. The third-order valence-electron chi connectivity index (χ3n) is 3.28. The Labute approximate surface area is 99.0 Å². The van der Waals surface area contributed by atoms with Gasteiger partial charge in [-0.15, -0.1) is 0 Å². The maximum absolute atomic E-state index is 11.2. The van der Waals surface area contributed by atoms with Crippen molar-refractivity contribution in [3.05, 3.63) is 0 Å². The number of carbonyl (C=O) groups is 1. The zero-order valence-corrected chi connectivity index (χ0v) is 11.2. The molecule has 0 aromatic heterocycles. The van der Waals surface area contributed by atoms with Gasteiger partial charge in [-0.2, -0.15) is 0 Å². The van der Waals surface area contributed by atoms with Crippen molar-refractivity contribution in [3.63, 3.8) is 0 Å². The van der Waals surface area contributed by atoms with E-state index in [0.29, 0.717) is 12.5 Å². The van der Waals surface area contributed by atoms with Gasteiger partial charge in [0.1, 0.15) is 5.54 Å². The zero-order chi connectivity index (χ0) is 12.8. The first-order valence-electron chi connectivity index (χ1n) is 6.04. The number of carboxylic acid groups (broad SMARTS) is 1. The molecule has 0 radical (unpaired) electrons. The molecule has 0 aliphatic heterocycles. The Morgan fingerprint density at radius 2 is 2.06 bits per heavy atom. The Bertz CT molecular complexity index is 221. The molecule has 0 aliphatic carbocycles. The molecule has 0 fully saturated rings. The quantitative estimate of drug-likeness (QED) is 0.662. The van der Waals surface area contributed by atoms with Crippen LogP contribution in [0.4, 0.5) is 0 Å². The van der Waals surface area contributed by atoms with Crippen LogP contribution in [0.15, 0.2) is 0 Å². The van der Waals surface area contributed by atoms with Gasteiger partial charge in [0.2, 0.25) is 0 Å². The highest BCUT2D eigenvalue weighted by molar-refractivity contribution is 5.78. The van der Waals surface area contributed by atoms with Crippen LogP contribution < -0.4 is 5.32 Å². The molecule has 0 heterocycles. The van der Waals surface area contributed by atoms with Crippen LogP contribution in [-0.4, -0.2) is 48.2 Å². The van der Waals surface area contributed by atoms with Crippen molar-refractivity contribution < 1.29 is 9.90 Å². The van der Waals surface area contributed by atoms with E-state index in [1.54, 1.807) is 14.0 Å². The van der Waals surface area contributed by atoms with Crippen LogP contribution in [0.5, 0.6) is 0 Å². The van der Waals surface area contributed by atoms with Crippen LogP contribution in [0, 0.1) is 5.92 Å². The van der Waals surface area contributed by atoms with Gasteiger partial charge in [0.25, 0.3) is 0 Å². The van der Waals surface area contributed by atoms with E-state index < -0.39 is 11.5 Å². The smallest absolute Gasteiger partial charge is 0.324 e. The fraction of sp³-hybridized carbons (Fsp3) is 0.917. The molecule has 0 aliphatic rings. The Kier molecular flexibility index (Phi) is 6.60. The number of rotatable bonds is 8. The highest BCUT2D eigenvalue weighted by Crippen LogP contribution is 2.10. The maximum atomic E-state index is 11.2. The minimum Gasteiger partial charge on any atom is -0.480 e. The lowest BCUT2D eigenvalue weighted by Gasteiger charge is -2.32. The largest absolute Gasteiger partial charge is 0.480 e. The highest BCUT2D eigenvalue weighted by atomic mass is 16.4. The molecule has 4 nitrogen and oxygen atoms in total. The Morgan fingerprint density at radius 1 is 1.50 bits per heavy atom. The number of hydrogen-bond donors (Lipinski definition) is 2. The summed E-state index contributed by atoms with van der Waals surface area (Å²) >= 11 is 0. The molecule has 2 atom stereocenters. The third-order valence-corrected chi connectivity index (χ3v) is 3.28. The normalized spacial score (nSPS) is 17.1. The molecule has 0 amide bonds. The van der Waals surface area contributed by atoms with E-state index in [2.05, 4.69) is 31.0 Å². The molecule has 0 aromatic carbocycles. The summed E-state index contributed by atoms with van der Waals surface area (Å²) in [4.78, 5) is 13.4. The maximum Gasteiger partial charge on any atom is 0.324 e. The summed E-state index contributed by atoms with van der Waals surface area (Å²) in [5.74, 6) is -0.188. The first kappa shape index (κ1) is 15.4. The molecular weight excluding hydrogens is 204 g/mol. The summed E-state index contributed by atoms with van der Waals surface area (Å²) in [5, 5.41) is 12.1. The van der Waals surface area contributed by atoms with Crippen molar-refractivity contribution >= 4 is 5.97 Å². The second-order valence-electron chi connectivity index (χ2n) is 4.73. The summed E-state index contributed by atoms with van der Waals surface area (Å²) in [6, 6.07) is 0. The SMILES string of the molecule is CCC(C)CN(CC)CC(C)(NC)C(=O)O. The number of nitrogens with one attached hydrogen (secondary N) is 1. The molecule has 16 heavy (non-hydrogen) atoms. The van der Waals surface area contributed by atoms with Gasteiger partial charge in [-0.05, 0) is 26.4 Å². The molecule has 96 valence electrons. The fourth-order valence-corrected chi connectivity index (χ4v) is 1.58. The summed E-state index contributed by atoms with van der Waals surface area (Å²) in [5.41, 5.74) is -0.858. The lowest BCUT2D eigenvalue weighted by atomic mass is 10.0. The number of carboxylic acids is 1. The third kappa shape index (κ3) is 4.49. The standard InChI is InChI=1S/C12H26N2O2/c1-6-10(3)8-14(7-2)9-12(4,13-5)11(15)16/h10,13H,6-9H2,1-5H3,(H,15,16). The molecular formula is C12H26N2O2. The minimum absolute atomic E-state index is 0.541. The van der Waals surface area contributed by atoms with Gasteiger partial charge >= 0.3 is 5.97 Å². The van der Waals surface area contributed by atoms with E-state index in [1.165, 1.54) is 0 Å². The molecule has 4 heteroatoms. The Morgan fingerprint density at radius 3 is 2.38 bits per heavy atom. The number of aliphatic carboxylic acids is 1. The summed E-state index contributed by atoms with van der Waals surface area (Å²) in [7, 11) is 1.70. The van der Waals surface area contributed by atoms with Crippen LogP contribution in [0.2, 0.25) is 0 Å². The number of likely N-dealkylation sites (N-methyl/N-ethyl adjacent to an activating group) is 2. The lowest BCUT2D eigenvalue weighted by molar-refractivity contribution is -0.144. The van der Waals surface area contributed by atoms with Gasteiger partial charge in [0.15, 0.2) is 0 Å². The predicted molar refractivity (Wildman–Crippen MR) is 66.7 cm³/mol. The summed E-state index contributed by atoms with van der Waals surface area (Å²) < 4.78 is 0. The molecule has 0 bridgehead atoms. The summed E-state index contributed by atoms with van der Waals surface area (Å²) in [6.07, 6.45) is 1.12. The molecule has 2 N–H and O–H groups in total. The summed E-state index contributed by atoms with van der Waals surface area (Å²) in [6.45, 7) is 10.5. The second kappa shape index (κ2) is 6.86. The number of hydrogen-bond acceptors (Lipinski definition) is 3. The van der Waals surface area contributed by atoms with E-state index in [9.17, 15) is 9.90 Å². The van der Waals surface area contributed by atoms with Crippen LogP contribution in [0.1, 0.15) is 34.1 Å². The molecule has 0 spiro atoms. The van der Waals surface area contributed by atoms with Gasteiger partial charge in [-0.3, -0.25) is 4.79 Å². The Hall–Kier alpha value is -0.610. The lowest BCUT2D eigenvalue weighted by Crippen LogP contribution is -2.56. The van der Waals surface area contributed by atoms with Crippen LogP contribution in [0.3, 0.4) is 0 Å². The molecule has 0 rings (SSSR count). The van der Waals surface area contributed by atoms with E-state index in [1.807, 2.05) is 0 Å². The van der Waals surface area contributed by atoms with Crippen molar-refractivity contribution in [1.82, 2.24) is 10.2 Å². The van der Waals surface area contributed by atoms with Gasteiger partial charge in [0, 0.05) is 13.1 Å². The van der Waals surface area contributed by atoms with E-state index in [0.717, 1.165) is 19.5 Å². The van der Waals surface area contributed by atoms with E-state index >= 15 is 0 Å². The molecule has 2 unspecified atom stereocenters. The monoisotopic (exact) mass is 230 g/mol. The Balaban J connectivity index is 4.45. The average Bonchev–Trinajstić information content (AvgIpc) is 2.27. The first-order chi connectivity index (χ1) is 7.39. The van der Waals surface area contributed by atoms with Crippen molar-refractivity contribution in [2.45, 2.75) is 39.7 Å².